The van der Waals surface area contributed by atoms with Gasteiger partial charge in [0.1, 0.15) is 5.75 Å². The summed E-state index contributed by atoms with van der Waals surface area (Å²) in [7, 11) is 1.59. The van der Waals surface area contributed by atoms with Crippen LogP contribution in [-0.4, -0.2) is 30.3 Å². The fourth-order valence-electron chi connectivity index (χ4n) is 4.99. The summed E-state index contributed by atoms with van der Waals surface area (Å²) in [5.74, 6) is -1.58. The van der Waals surface area contributed by atoms with Gasteiger partial charge in [-0.25, -0.2) is 10.0 Å². The van der Waals surface area contributed by atoms with Crippen molar-refractivity contribution in [2.24, 2.45) is 22.0 Å². The molecule has 0 saturated carbocycles. The minimum atomic E-state index is -0.652. The predicted octanol–water partition coefficient (Wildman–Crippen LogP) is 4.86. The van der Waals surface area contributed by atoms with Crippen LogP contribution >= 0.6 is 0 Å². The SMILES string of the molecule is COc1ccccc1C([C@@H]1C(=O)N(c2ccccc2)N=C1C)[C@H]1C(=O)N(c2ccccc2)N=C1C. The van der Waals surface area contributed by atoms with Gasteiger partial charge in [-0.1, -0.05) is 54.6 Å². The van der Waals surface area contributed by atoms with E-state index in [4.69, 9.17) is 4.74 Å². The Bertz CT molecular complexity index is 1240. The van der Waals surface area contributed by atoms with Crippen LogP contribution in [0.2, 0.25) is 0 Å². The van der Waals surface area contributed by atoms with Crippen molar-refractivity contribution in [1.29, 1.82) is 0 Å². The quantitative estimate of drug-likeness (QED) is 0.521. The molecule has 0 bridgehead atoms. The van der Waals surface area contributed by atoms with Crippen molar-refractivity contribution >= 4 is 34.6 Å². The molecule has 0 aliphatic carbocycles. The van der Waals surface area contributed by atoms with E-state index in [1.807, 2.05) is 98.8 Å². The summed E-state index contributed by atoms with van der Waals surface area (Å²) < 4.78 is 5.68. The van der Waals surface area contributed by atoms with Gasteiger partial charge in [-0.2, -0.15) is 10.2 Å². The number of hydrogen-bond donors (Lipinski definition) is 0. The molecular formula is C28H26N4O3. The molecule has 3 aromatic carbocycles. The molecule has 0 saturated heterocycles. The molecule has 176 valence electrons. The normalized spacial score (nSPS) is 20.7. The average molecular weight is 467 g/mol. The van der Waals surface area contributed by atoms with Crippen molar-refractivity contribution in [3.63, 3.8) is 0 Å². The molecule has 0 fully saturated rings. The van der Waals surface area contributed by atoms with E-state index in [1.165, 1.54) is 10.0 Å². The minimum Gasteiger partial charge on any atom is -0.496 e. The Morgan fingerprint density at radius 1 is 0.686 bits per heavy atom. The lowest BCUT2D eigenvalue weighted by molar-refractivity contribution is -0.122. The lowest BCUT2D eigenvalue weighted by Crippen LogP contribution is -2.40. The zero-order chi connectivity index (χ0) is 24.5. The number of ether oxygens (including phenoxy) is 1. The van der Waals surface area contributed by atoms with E-state index in [2.05, 4.69) is 10.2 Å². The predicted molar refractivity (Wildman–Crippen MR) is 137 cm³/mol. The summed E-state index contributed by atoms with van der Waals surface area (Å²) in [5, 5.41) is 12.1. The van der Waals surface area contributed by atoms with Gasteiger partial charge < -0.3 is 4.74 Å². The van der Waals surface area contributed by atoms with Crippen LogP contribution in [0.1, 0.15) is 25.3 Å². The maximum absolute atomic E-state index is 13.9. The zero-order valence-corrected chi connectivity index (χ0v) is 19.8. The van der Waals surface area contributed by atoms with E-state index in [0.717, 1.165) is 5.56 Å². The number of methoxy groups -OCH3 is 1. The molecule has 3 atom stereocenters. The number of nitrogens with zero attached hydrogens (tertiary/aromatic N) is 4. The highest BCUT2D eigenvalue weighted by atomic mass is 16.5. The first-order valence-corrected chi connectivity index (χ1v) is 11.5. The van der Waals surface area contributed by atoms with E-state index in [0.29, 0.717) is 28.5 Å². The van der Waals surface area contributed by atoms with Crippen LogP contribution in [-0.2, 0) is 9.59 Å². The zero-order valence-electron chi connectivity index (χ0n) is 19.8. The van der Waals surface area contributed by atoms with Crippen molar-refractivity contribution in [2.45, 2.75) is 19.8 Å². The molecule has 5 rings (SSSR count). The van der Waals surface area contributed by atoms with Crippen LogP contribution in [0.25, 0.3) is 0 Å². The number of hydrogen-bond acceptors (Lipinski definition) is 5. The Labute approximate surface area is 204 Å². The second-order valence-electron chi connectivity index (χ2n) is 8.68. The molecule has 7 nitrogen and oxygen atoms in total. The van der Waals surface area contributed by atoms with Gasteiger partial charge in [-0.15, -0.1) is 0 Å². The van der Waals surface area contributed by atoms with Gasteiger partial charge in [0.05, 0.1) is 30.3 Å². The lowest BCUT2D eigenvalue weighted by Gasteiger charge is -2.29. The number of carbonyl (C=O) groups excluding carboxylic acids is 2. The molecule has 1 unspecified atom stereocenters. The molecule has 35 heavy (non-hydrogen) atoms. The van der Waals surface area contributed by atoms with Gasteiger partial charge in [0, 0.05) is 17.3 Å². The van der Waals surface area contributed by atoms with Gasteiger partial charge in [0.25, 0.3) is 11.8 Å². The van der Waals surface area contributed by atoms with Gasteiger partial charge in [0.15, 0.2) is 0 Å². The van der Waals surface area contributed by atoms with Gasteiger partial charge in [-0.3, -0.25) is 9.59 Å². The Morgan fingerprint density at radius 3 is 1.57 bits per heavy atom. The third kappa shape index (κ3) is 3.89. The molecule has 2 aliphatic rings. The Kier molecular flexibility index (Phi) is 5.91. The van der Waals surface area contributed by atoms with Crippen LogP contribution in [0.15, 0.2) is 95.1 Å². The maximum atomic E-state index is 13.9. The average Bonchev–Trinajstić information content (AvgIpc) is 3.36. The summed E-state index contributed by atoms with van der Waals surface area (Å²) in [6.45, 7) is 3.68. The summed E-state index contributed by atoms with van der Waals surface area (Å²) >= 11 is 0. The smallest absolute Gasteiger partial charge is 0.256 e. The summed E-state index contributed by atoms with van der Waals surface area (Å²) in [4.78, 5) is 27.7. The first-order chi connectivity index (χ1) is 17.0. The van der Waals surface area contributed by atoms with Crippen LogP contribution in [0.5, 0.6) is 5.75 Å². The molecule has 0 spiro atoms. The lowest BCUT2D eigenvalue weighted by atomic mass is 9.72. The fourth-order valence-corrected chi connectivity index (χ4v) is 4.99. The second-order valence-corrected chi connectivity index (χ2v) is 8.68. The van der Waals surface area contributed by atoms with Crippen molar-refractivity contribution in [3.05, 3.63) is 90.5 Å². The van der Waals surface area contributed by atoms with E-state index < -0.39 is 17.8 Å². The standard InChI is InChI=1S/C28H26N4O3/c1-18-24(27(33)31(29-18)20-12-6-4-7-13-20)26(22-16-10-11-17-23(22)35-3)25-19(2)30-32(28(25)34)21-14-8-5-9-15-21/h4-17,24-26H,1-3H3/t24-,25+,26?. The molecule has 3 aromatic rings. The van der Waals surface area contributed by atoms with Gasteiger partial charge in [0.2, 0.25) is 0 Å². The molecule has 2 amide bonds. The Balaban J connectivity index is 1.61. The van der Waals surface area contributed by atoms with E-state index in [1.54, 1.807) is 7.11 Å². The van der Waals surface area contributed by atoms with Crippen molar-refractivity contribution in [2.75, 3.05) is 17.1 Å². The number of carbonyl (C=O) groups is 2. The number of rotatable bonds is 6. The molecule has 2 heterocycles. The summed E-state index contributed by atoms with van der Waals surface area (Å²) in [6.07, 6.45) is 0. The van der Waals surface area contributed by atoms with Gasteiger partial charge >= 0.3 is 0 Å². The van der Waals surface area contributed by atoms with Crippen LogP contribution in [0.3, 0.4) is 0 Å². The number of hydrazone groups is 2. The van der Waals surface area contributed by atoms with Crippen LogP contribution in [0, 0.1) is 11.8 Å². The Morgan fingerprint density at radius 2 is 1.11 bits per heavy atom. The fraction of sp³-hybridized carbons (Fsp3) is 0.214. The van der Waals surface area contributed by atoms with Crippen molar-refractivity contribution in [1.82, 2.24) is 0 Å². The van der Waals surface area contributed by atoms with Crippen molar-refractivity contribution < 1.29 is 14.3 Å². The van der Waals surface area contributed by atoms with Gasteiger partial charge in [-0.05, 0) is 49.7 Å². The van der Waals surface area contributed by atoms with E-state index in [-0.39, 0.29) is 11.8 Å². The number of amides is 2. The summed E-state index contributed by atoms with van der Waals surface area (Å²) in [5.41, 5.74) is 3.45. The number of benzene rings is 3. The highest BCUT2D eigenvalue weighted by Crippen LogP contribution is 2.45. The first-order valence-electron chi connectivity index (χ1n) is 11.5. The highest BCUT2D eigenvalue weighted by Gasteiger charge is 2.50. The highest BCUT2D eigenvalue weighted by molar-refractivity contribution is 6.19. The first kappa shape index (κ1) is 22.5. The monoisotopic (exact) mass is 466 g/mol. The van der Waals surface area contributed by atoms with Crippen LogP contribution in [0.4, 0.5) is 11.4 Å². The third-order valence-electron chi connectivity index (χ3n) is 6.58. The Hall–Kier alpha value is -4.26. The number of anilines is 2. The maximum Gasteiger partial charge on any atom is 0.256 e. The number of para-hydroxylation sites is 3. The molecule has 0 aromatic heterocycles. The molecule has 0 radical (unpaired) electrons. The molecule has 7 heteroatoms. The van der Waals surface area contributed by atoms with Crippen molar-refractivity contribution in [3.8, 4) is 5.75 Å². The minimum absolute atomic E-state index is 0.177. The van der Waals surface area contributed by atoms with Crippen LogP contribution < -0.4 is 14.8 Å². The molecular weight excluding hydrogens is 440 g/mol. The molecule has 0 N–H and O–H groups in total. The third-order valence-corrected chi connectivity index (χ3v) is 6.58. The van der Waals surface area contributed by atoms with E-state index >= 15 is 0 Å². The topological polar surface area (TPSA) is 74.6 Å². The summed E-state index contributed by atoms with van der Waals surface area (Å²) in [6, 6.07) is 26.2. The second kappa shape index (κ2) is 9.18. The largest absolute Gasteiger partial charge is 0.496 e. The molecule has 2 aliphatic heterocycles. The van der Waals surface area contributed by atoms with E-state index in [9.17, 15) is 9.59 Å².